The number of aromatic nitrogens is 1. The lowest BCUT2D eigenvalue weighted by Crippen LogP contribution is -2.20. The van der Waals surface area contributed by atoms with Gasteiger partial charge in [-0.05, 0) is 55.0 Å². The Morgan fingerprint density at radius 3 is 2.84 bits per heavy atom. The molecule has 1 amide bonds. The van der Waals surface area contributed by atoms with Crippen LogP contribution in [0, 0.1) is 11.6 Å². The molecule has 5 nitrogen and oxygen atoms in total. The summed E-state index contributed by atoms with van der Waals surface area (Å²) in [6.45, 7) is 1.49. The van der Waals surface area contributed by atoms with Crippen LogP contribution in [-0.2, 0) is 4.79 Å². The molecule has 1 aromatic heterocycles. The monoisotopic (exact) mass is 418 g/mol. The maximum atomic E-state index is 14.9. The SMILES string of the molecule is O=C1Nc2cc(F)ccc2/C1=C/Nc1ccc(N2CCC(c3ccccn3)C2)c(F)c1. The number of hydrogen-bond donors (Lipinski definition) is 2. The van der Waals surface area contributed by atoms with E-state index in [4.69, 9.17) is 0 Å². The molecule has 0 spiro atoms. The predicted molar refractivity (Wildman–Crippen MR) is 117 cm³/mol. The summed E-state index contributed by atoms with van der Waals surface area (Å²) in [5.41, 5.74) is 3.51. The van der Waals surface area contributed by atoms with Crippen molar-refractivity contribution in [2.75, 3.05) is 28.6 Å². The zero-order valence-electron chi connectivity index (χ0n) is 16.6. The van der Waals surface area contributed by atoms with E-state index in [1.54, 1.807) is 24.4 Å². The predicted octanol–water partition coefficient (Wildman–Crippen LogP) is 4.76. The van der Waals surface area contributed by atoms with E-state index >= 15 is 0 Å². The summed E-state index contributed by atoms with van der Waals surface area (Å²) in [5, 5.41) is 5.61. The molecule has 2 aliphatic rings. The first kappa shape index (κ1) is 19.2. The minimum absolute atomic E-state index is 0.286. The Hall–Kier alpha value is -3.74. The Morgan fingerprint density at radius 1 is 1.13 bits per heavy atom. The lowest BCUT2D eigenvalue weighted by atomic mass is 10.0. The molecule has 2 aliphatic heterocycles. The highest BCUT2D eigenvalue weighted by Crippen LogP contribution is 2.34. The van der Waals surface area contributed by atoms with Crippen molar-refractivity contribution in [2.45, 2.75) is 12.3 Å². The number of amides is 1. The largest absolute Gasteiger partial charge is 0.368 e. The highest BCUT2D eigenvalue weighted by atomic mass is 19.1. The fourth-order valence-electron chi connectivity index (χ4n) is 4.16. The molecule has 1 fully saturated rings. The first-order valence-electron chi connectivity index (χ1n) is 10.1. The van der Waals surface area contributed by atoms with Crippen molar-refractivity contribution >= 4 is 28.5 Å². The Balaban J connectivity index is 1.31. The van der Waals surface area contributed by atoms with Crippen LogP contribution in [0.25, 0.3) is 5.57 Å². The van der Waals surface area contributed by atoms with Gasteiger partial charge < -0.3 is 15.5 Å². The molecule has 1 unspecified atom stereocenters. The second-order valence-electron chi connectivity index (χ2n) is 7.70. The second-order valence-corrected chi connectivity index (χ2v) is 7.70. The van der Waals surface area contributed by atoms with Crippen LogP contribution in [0.5, 0.6) is 0 Å². The number of carbonyl (C=O) groups excluding carboxylic acids is 1. The van der Waals surface area contributed by atoms with E-state index in [2.05, 4.69) is 15.6 Å². The Kier molecular flexibility index (Phi) is 4.86. The molecule has 1 atom stereocenters. The molecule has 1 saturated heterocycles. The van der Waals surface area contributed by atoms with E-state index in [-0.39, 0.29) is 17.6 Å². The minimum Gasteiger partial charge on any atom is -0.368 e. The zero-order valence-corrected chi connectivity index (χ0v) is 16.6. The van der Waals surface area contributed by atoms with Gasteiger partial charge in [-0.3, -0.25) is 9.78 Å². The molecular weight excluding hydrogens is 398 g/mol. The van der Waals surface area contributed by atoms with E-state index in [0.717, 1.165) is 25.2 Å². The van der Waals surface area contributed by atoms with Gasteiger partial charge in [0, 0.05) is 48.3 Å². The summed E-state index contributed by atoms with van der Waals surface area (Å²) in [6, 6.07) is 14.9. The Morgan fingerprint density at radius 2 is 2.03 bits per heavy atom. The summed E-state index contributed by atoms with van der Waals surface area (Å²) < 4.78 is 28.2. The quantitative estimate of drug-likeness (QED) is 0.600. The van der Waals surface area contributed by atoms with Gasteiger partial charge in [0.05, 0.1) is 16.9 Å². The van der Waals surface area contributed by atoms with Gasteiger partial charge in [-0.1, -0.05) is 6.07 Å². The molecule has 2 N–H and O–H groups in total. The number of halogens is 2. The number of rotatable bonds is 4. The van der Waals surface area contributed by atoms with Gasteiger partial charge in [0.15, 0.2) is 0 Å². The van der Waals surface area contributed by atoms with Crippen molar-refractivity contribution in [3.63, 3.8) is 0 Å². The Bertz CT molecular complexity index is 1180. The fraction of sp³-hybridized carbons (Fsp3) is 0.167. The fourth-order valence-corrected chi connectivity index (χ4v) is 4.16. The molecule has 2 aromatic carbocycles. The van der Waals surface area contributed by atoms with Gasteiger partial charge in [0.1, 0.15) is 11.6 Å². The highest BCUT2D eigenvalue weighted by Gasteiger charge is 2.27. The van der Waals surface area contributed by atoms with Crippen LogP contribution in [0.3, 0.4) is 0 Å². The number of pyridine rings is 1. The molecule has 0 saturated carbocycles. The van der Waals surface area contributed by atoms with E-state index < -0.39 is 5.82 Å². The van der Waals surface area contributed by atoms with Gasteiger partial charge in [0.2, 0.25) is 0 Å². The topological polar surface area (TPSA) is 57.3 Å². The van der Waals surface area contributed by atoms with Crippen LogP contribution in [0.1, 0.15) is 23.6 Å². The van der Waals surface area contributed by atoms with Crippen molar-refractivity contribution in [3.8, 4) is 0 Å². The van der Waals surface area contributed by atoms with Gasteiger partial charge in [0.25, 0.3) is 5.91 Å². The standard InChI is InChI=1S/C24H20F2N4O/c25-16-4-6-18-19(24(31)29-22(18)11-16)13-28-17-5-7-23(20(26)12-17)30-10-8-15(14-30)21-3-1-2-9-27-21/h1-7,9,11-13,15,28H,8,10,14H2,(H,29,31)/b19-13-. The average Bonchev–Trinajstić information content (AvgIpc) is 3.37. The molecule has 0 radical (unpaired) electrons. The van der Waals surface area contributed by atoms with E-state index in [9.17, 15) is 13.6 Å². The van der Waals surface area contributed by atoms with Gasteiger partial charge in [-0.15, -0.1) is 0 Å². The van der Waals surface area contributed by atoms with Crippen LogP contribution < -0.4 is 15.5 Å². The number of nitrogens with one attached hydrogen (secondary N) is 2. The van der Waals surface area contributed by atoms with E-state index in [1.807, 2.05) is 23.1 Å². The molecule has 0 aliphatic carbocycles. The summed E-state index contributed by atoms with van der Waals surface area (Å²) in [5.74, 6) is -0.793. The third kappa shape index (κ3) is 3.74. The van der Waals surface area contributed by atoms with Gasteiger partial charge >= 0.3 is 0 Å². The number of hydrogen-bond acceptors (Lipinski definition) is 4. The molecule has 156 valence electrons. The van der Waals surface area contributed by atoms with E-state index in [0.29, 0.717) is 28.2 Å². The van der Waals surface area contributed by atoms with Crippen LogP contribution >= 0.6 is 0 Å². The minimum atomic E-state index is -0.418. The van der Waals surface area contributed by atoms with Crippen LogP contribution in [-0.4, -0.2) is 24.0 Å². The maximum Gasteiger partial charge on any atom is 0.257 e. The lowest BCUT2D eigenvalue weighted by Gasteiger charge is -2.20. The number of benzene rings is 2. The van der Waals surface area contributed by atoms with Crippen molar-refractivity contribution < 1.29 is 13.6 Å². The first-order valence-corrected chi connectivity index (χ1v) is 10.1. The normalized spacial score (nSPS) is 18.9. The van der Waals surface area contributed by atoms with Crippen LogP contribution in [0.15, 0.2) is 67.0 Å². The molecule has 7 heteroatoms. The zero-order chi connectivity index (χ0) is 21.4. The lowest BCUT2D eigenvalue weighted by molar-refractivity contribution is -0.110. The summed E-state index contributed by atoms with van der Waals surface area (Å²) in [7, 11) is 0. The Labute approximate surface area is 178 Å². The molecule has 5 rings (SSSR count). The maximum absolute atomic E-state index is 14.9. The third-order valence-corrected chi connectivity index (χ3v) is 5.73. The summed E-state index contributed by atoms with van der Waals surface area (Å²) in [6.07, 6.45) is 4.23. The number of anilines is 3. The number of nitrogens with zero attached hydrogens (tertiary/aromatic N) is 2. The number of carbonyl (C=O) groups is 1. The van der Waals surface area contributed by atoms with Crippen LogP contribution in [0.4, 0.5) is 25.8 Å². The van der Waals surface area contributed by atoms with Gasteiger partial charge in [-0.2, -0.15) is 0 Å². The third-order valence-electron chi connectivity index (χ3n) is 5.73. The highest BCUT2D eigenvalue weighted by molar-refractivity contribution is 6.31. The second kappa shape index (κ2) is 7.83. The number of fused-ring (bicyclic) bond motifs is 1. The van der Waals surface area contributed by atoms with Crippen molar-refractivity contribution in [3.05, 3.63) is 89.9 Å². The summed E-state index contributed by atoms with van der Waals surface area (Å²) in [4.78, 5) is 18.6. The van der Waals surface area contributed by atoms with Gasteiger partial charge in [-0.25, -0.2) is 8.78 Å². The molecule has 3 aromatic rings. The van der Waals surface area contributed by atoms with E-state index in [1.165, 1.54) is 24.4 Å². The van der Waals surface area contributed by atoms with Crippen LogP contribution in [0.2, 0.25) is 0 Å². The smallest absolute Gasteiger partial charge is 0.257 e. The molecular formula is C24H20F2N4O. The van der Waals surface area contributed by atoms with Crippen molar-refractivity contribution in [1.29, 1.82) is 0 Å². The molecule has 0 bridgehead atoms. The summed E-state index contributed by atoms with van der Waals surface area (Å²) >= 11 is 0. The van der Waals surface area contributed by atoms with Crippen molar-refractivity contribution in [1.82, 2.24) is 4.98 Å². The first-order chi connectivity index (χ1) is 15.1. The molecule has 3 heterocycles. The average molecular weight is 418 g/mol. The molecule has 31 heavy (non-hydrogen) atoms. The van der Waals surface area contributed by atoms with Crippen molar-refractivity contribution in [2.24, 2.45) is 0 Å².